The molecule has 5 heteroatoms. The van der Waals surface area contributed by atoms with Crippen molar-refractivity contribution in [2.75, 3.05) is 12.4 Å². The number of hydrogen-bond acceptors (Lipinski definition) is 3. The Morgan fingerprint density at radius 1 is 1.39 bits per heavy atom. The van der Waals surface area contributed by atoms with Crippen LogP contribution in [0.5, 0.6) is 5.75 Å². The highest BCUT2D eigenvalue weighted by molar-refractivity contribution is 9.10. The standard InChI is InChI=1S/C13H12BrClN2O/c1-16-13-9(3-2-6-17-13)8-18-12-5-4-10(14)7-11(12)15/h2-7H,8H2,1H3,(H,16,17). The molecule has 0 radical (unpaired) electrons. The predicted molar refractivity (Wildman–Crippen MR) is 77.3 cm³/mol. The van der Waals surface area contributed by atoms with Crippen LogP contribution in [0.1, 0.15) is 5.56 Å². The average molecular weight is 328 g/mol. The normalized spacial score (nSPS) is 10.2. The molecular weight excluding hydrogens is 316 g/mol. The van der Waals surface area contributed by atoms with Crippen LogP contribution in [0.4, 0.5) is 5.82 Å². The Hall–Kier alpha value is -1.26. The summed E-state index contributed by atoms with van der Waals surface area (Å²) in [7, 11) is 1.83. The van der Waals surface area contributed by atoms with Gasteiger partial charge < -0.3 is 10.1 Å². The lowest BCUT2D eigenvalue weighted by Crippen LogP contribution is -2.02. The van der Waals surface area contributed by atoms with E-state index in [1.165, 1.54) is 0 Å². The van der Waals surface area contributed by atoms with E-state index in [0.717, 1.165) is 15.9 Å². The minimum atomic E-state index is 0.422. The number of nitrogens with one attached hydrogen (secondary N) is 1. The van der Waals surface area contributed by atoms with Crippen molar-refractivity contribution in [3.05, 3.63) is 51.6 Å². The van der Waals surface area contributed by atoms with Crippen LogP contribution >= 0.6 is 27.5 Å². The van der Waals surface area contributed by atoms with E-state index in [9.17, 15) is 0 Å². The van der Waals surface area contributed by atoms with Gasteiger partial charge in [-0.1, -0.05) is 33.6 Å². The lowest BCUT2D eigenvalue weighted by molar-refractivity contribution is 0.306. The number of pyridine rings is 1. The number of ether oxygens (including phenoxy) is 1. The highest BCUT2D eigenvalue weighted by Crippen LogP contribution is 2.28. The molecule has 0 aliphatic heterocycles. The smallest absolute Gasteiger partial charge is 0.138 e. The molecule has 0 fully saturated rings. The van der Waals surface area contributed by atoms with Crippen molar-refractivity contribution in [2.24, 2.45) is 0 Å². The molecule has 2 aromatic rings. The summed E-state index contributed by atoms with van der Waals surface area (Å²) in [6, 6.07) is 9.37. The molecule has 0 unspecified atom stereocenters. The number of halogens is 2. The Morgan fingerprint density at radius 2 is 2.22 bits per heavy atom. The molecular formula is C13H12BrClN2O. The molecule has 0 saturated heterocycles. The maximum atomic E-state index is 6.08. The molecule has 18 heavy (non-hydrogen) atoms. The molecule has 1 heterocycles. The molecule has 0 aliphatic rings. The summed E-state index contributed by atoms with van der Waals surface area (Å²) in [6.07, 6.45) is 1.74. The maximum absolute atomic E-state index is 6.08. The zero-order chi connectivity index (χ0) is 13.0. The van der Waals surface area contributed by atoms with Crippen molar-refractivity contribution in [1.82, 2.24) is 4.98 Å². The van der Waals surface area contributed by atoms with Crippen molar-refractivity contribution in [3.63, 3.8) is 0 Å². The van der Waals surface area contributed by atoms with E-state index in [4.69, 9.17) is 16.3 Å². The van der Waals surface area contributed by atoms with Gasteiger partial charge >= 0.3 is 0 Å². The molecule has 0 aliphatic carbocycles. The highest BCUT2D eigenvalue weighted by atomic mass is 79.9. The second kappa shape index (κ2) is 6.07. The summed E-state index contributed by atoms with van der Waals surface area (Å²) in [5.41, 5.74) is 0.985. The van der Waals surface area contributed by atoms with Gasteiger partial charge in [-0.15, -0.1) is 0 Å². The molecule has 2 rings (SSSR count). The van der Waals surface area contributed by atoms with E-state index >= 15 is 0 Å². The number of hydrogen-bond donors (Lipinski definition) is 1. The minimum Gasteiger partial charge on any atom is -0.487 e. The van der Waals surface area contributed by atoms with Gasteiger partial charge in [0.25, 0.3) is 0 Å². The molecule has 1 N–H and O–H groups in total. The fourth-order valence-electron chi connectivity index (χ4n) is 1.53. The van der Waals surface area contributed by atoms with Crippen molar-refractivity contribution in [1.29, 1.82) is 0 Å². The topological polar surface area (TPSA) is 34.2 Å². The van der Waals surface area contributed by atoms with Crippen LogP contribution in [0.15, 0.2) is 41.0 Å². The van der Waals surface area contributed by atoms with E-state index in [2.05, 4.69) is 26.2 Å². The second-order valence-corrected chi connectivity index (χ2v) is 4.95. The number of aromatic nitrogens is 1. The second-order valence-electron chi connectivity index (χ2n) is 3.62. The van der Waals surface area contributed by atoms with Gasteiger partial charge in [-0.2, -0.15) is 0 Å². The zero-order valence-electron chi connectivity index (χ0n) is 9.78. The zero-order valence-corrected chi connectivity index (χ0v) is 12.1. The molecule has 0 atom stereocenters. The number of benzene rings is 1. The van der Waals surface area contributed by atoms with E-state index in [1.807, 2.05) is 31.3 Å². The van der Waals surface area contributed by atoms with Crippen molar-refractivity contribution >= 4 is 33.3 Å². The molecule has 94 valence electrons. The lowest BCUT2D eigenvalue weighted by Gasteiger charge is -2.10. The van der Waals surface area contributed by atoms with Gasteiger partial charge in [-0.05, 0) is 24.3 Å². The monoisotopic (exact) mass is 326 g/mol. The van der Waals surface area contributed by atoms with Gasteiger partial charge in [0, 0.05) is 23.3 Å². The number of rotatable bonds is 4. The fraction of sp³-hybridized carbons (Fsp3) is 0.154. The Labute approximate surface area is 119 Å². The van der Waals surface area contributed by atoms with Crippen LogP contribution in [-0.2, 0) is 6.61 Å². The molecule has 1 aromatic carbocycles. The summed E-state index contributed by atoms with van der Waals surface area (Å²) in [5.74, 6) is 1.47. The van der Waals surface area contributed by atoms with Crippen LogP contribution < -0.4 is 10.1 Å². The van der Waals surface area contributed by atoms with E-state index in [0.29, 0.717) is 17.4 Å². The van der Waals surface area contributed by atoms with Crippen LogP contribution in [0.25, 0.3) is 0 Å². The third-order valence-corrected chi connectivity index (χ3v) is 3.19. The molecule has 3 nitrogen and oxygen atoms in total. The summed E-state index contributed by atoms with van der Waals surface area (Å²) in [4.78, 5) is 4.21. The predicted octanol–water partition coefficient (Wildman–Crippen LogP) is 4.12. The van der Waals surface area contributed by atoms with Gasteiger partial charge in [0.1, 0.15) is 18.2 Å². The largest absolute Gasteiger partial charge is 0.487 e. The number of nitrogens with zero attached hydrogens (tertiary/aromatic N) is 1. The third-order valence-electron chi connectivity index (χ3n) is 2.41. The average Bonchev–Trinajstić information content (AvgIpc) is 2.38. The van der Waals surface area contributed by atoms with Crippen LogP contribution in [0.3, 0.4) is 0 Å². The highest BCUT2D eigenvalue weighted by Gasteiger charge is 2.05. The third kappa shape index (κ3) is 3.15. The summed E-state index contributed by atoms with van der Waals surface area (Å²) in [6.45, 7) is 0.422. The molecule has 0 saturated carbocycles. The van der Waals surface area contributed by atoms with Crippen molar-refractivity contribution in [2.45, 2.75) is 6.61 Å². The van der Waals surface area contributed by atoms with Crippen LogP contribution in [-0.4, -0.2) is 12.0 Å². The van der Waals surface area contributed by atoms with Gasteiger partial charge in [-0.3, -0.25) is 0 Å². The van der Waals surface area contributed by atoms with Gasteiger partial charge in [0.15, 0.2) is 0 Å². The van der Waals surface area contributed by atoms with E-state index < -0.39 is 0 Å². The first-order chi connectivity index (χ1) is 8.70. The van der Waals surface area contributed by atoms with Crippen LogP contribution in [0.2, 0.25) is 5.02 Å². The van der Waals surface area contributed by atoms with Gasteiger partial charge in [-0.25, -0.2) is 4.98 Å². The molecule has 0 bridgehead atoms. The van der Waals surface area contributed by atoms with Crippen molar-refractivity contribution < 1.29 is 4.74 Å². The summed E-state index contributed by atoms with van der Waals surface area (Å²) in [5, 5.41) is 3.61. The van der Waals surface area contributed by atoms with Crippen molar-refractivity contribution in [3.8, 4) is 5.75 Å². The maximum Gasteiger partial charge on any atom is 0.138 e. The Kier molecular flexibility index (Phi) is 4.44. The van der Waals surface area contributed by atoms with E-state index in [1.54, 1.807) is 12.3 Å². The molecule has 0 amide bonds. The van der Waals surface area contributed by atoms with E-state index in [-0.39, 0.29) is 0 Å². The van der Waals surface area contributed by atoms with Crippen LogP contribution in [0, 0.1) is 0 Å². The minimum absolute atomic E-state index is 0.422. The Bertz CT molecular complexity index is 548. The summed E-state index contributed by atoms with van der Waals surface area (Å²) < 4.78 is 6.62. The lowest BCUT2D eigenvalue weighted by atomic mass is 10.2. The fourth-order valence-corrected chi connectivity index (χ4v) is 2.26. The quantitative estimate of drug-likeness (QED) is 0.917. The Morgan fingerprint density at radius 3 is 2.94 bits per heavy atom. The van der Waals surface area contributed by atoms with Gasteiger partial charge in [0.2, 0.25) is 0 Å². The molecule has 1 aromatic heterocycles. The first-order valence-corrected chi connectivity index (χ1v) is 6.57. The Balaban J connectivity index is 2.11. The SMILES string of the molecule is CNc1ncccc1COc1ccc(Br)cc1Cl. The first-order valence-electron chi connectivity index (χ1n) is 5.40. The van der Waals surface area contributed by atoms with Gasteiger partial charge in [0.05, 0.1) is 5.02 Å². The summed E-state index contributed by atoms with van der Waals surface area (Å²) >= 11 is 9.44. The first kappa shape index (κ1) is 13.2. The molecule has 0 spiro atoms. The number of anilines is 1.